The molecule has 5 heteroatoms. The quantitative estimate of drug-likeness (QED) is 0.900. The summed E-state index contributed by atoms with van der Waals surface area (Å²) in [6.07, 6.45) is 8.73. The lowest BCUT2D eigenvalue weighted by Gasteiger charge is -2.22. The number of primary sulfonamides is 1. The molecule has 0 unspecified atom stereocenters. The summed E-state index contributed by atoms with van der Waals surface area (Å²) >= 11 is 0. The zero-order valence-corrected chi connectivity index (χ0v) is 12.9. The highest BCUT2D eigenvalue weighted by Crippen LogP contribution is 2.23. The Morgan fingerprint density at radius 2 is 1.70 bits per heavy atom. The molecular weight excluding hydrogens is 272 g/mol. The van der Waals surface area contributed by atoms with Gasteiger partial charge in [-0.1, -0.05) is 38.2 Å². The molecule has 0 spiro atoms. The number of anilines is 1. The monoisotopic (exact) mass is 296 g/mol. The Morgan fingerprint density at radius 1 is 1.10 bits per heavy atom. The number of rotatable bonds is 3. The van der Waals surface area contributed by atoms with Crippen LogP contribution in [0, 0.1) is 6.92 Å². The first-order valence-electron chi connectivity index (χ1n) is 7.37. The Kier molecular flexibility index (Phi) is 5.05. The molecule has 0 radical (unpaired) electrons. The van der Waals surface area contributed by atoms with Gasteiger partial charge in [0.05, 0.1) is 4.90 Å². The minimum Gasteiger partial charge on any atom is -0.382 e. The van der Waals surface area contributed by atoms with E-state index < -0.39 is 10.0 Å². The maximum Gasteiger partial charge on any atom is 0.238 e. The standard InChI is InChI=1S/C15H24N2O2S/c1-12-9-10-14(11-15(12)20(16,18)19)17-13-7-5-3-2-4-6-8-13/h9-11,13,17H,2-8H2,1H3,(H2,16,18,19). The fourth-order valence-electron chi connectivity index (χ4n) is 2.83. The smallest absolute Gasteiger partial charge is 0.238 e. The second kappa shape index (κ2) is 6.59. The van der Waals surface area contributed by atoms with Crippen LogP contribution in [0.25, 0.3) is 0 Å². The van der Waals surface area contributed by atoms with Crippen molar-refractivity contribution in [3.8, 4) is 0 Å². The number of benzene rings is 1. The fraction of sp³-hybridized carbons (Fsp3) is 0.600. The highest BCUT2D eigenvalue weighted by Gasteiger charge is 2.15. The molecule has 0 amide bonds. The summed E-state index contributed by atoms with van der Waals surface area (Å²) in [7, 11) is -3.65. The largest absolute Gasteiger partial charge is 0.382 e. The van der Waals surface area contributed by atoms with Crippen LogP contribution in [0.1, 0.15) is 50.5 Å². The second-order valence-corrected chi connectivity index (χ2v) is 7.24. The molecule has 0 aliphatic heterocycles. The molecule has 0 atom stereocenters. The number of nitrogens with two attached hydrogens (primary N) is 1. The van der Waals surface area contributed by atoms with Gasteiger partial charge in [0.1, 0.15) is 0 Å². The van der Waals surface area contributed by atoms with E-state index in [4.69, 9.17) is 5.14 Å². The van der Waals surface area contributed by atoms with E-state index in [-0.39, 0.29) is 4.90 Å². The minimum absolute atomic E-state index is 0.216. The van der Waals surface area contributed by atoms with Crippen molar-refractivity contribution in [2.75, 3.05) is 5.32 Å². The van der Waals surface area contributed by atoms with E-state index in [1.165, 1.54) is 32.1 Å². The molecule has 2 rings (SSSR count). The normalized spacial score (nSPS) is 18.3. The van der Waals surface area contributed by atoms with Gasteiger partial charge in [0.25, 0.3) is 0 Å². The highest BCUT2D eigenvalue weighted by atomic mass is 32.2. The van der Waals surface area contributed by atoms with E-state index >= 15 is 0 Å². The summed E-state index contributed by atoms with van der Waals surface area (Å²) in [4.78, 5) is 0.216. The van der Waals surface area contributed by atoms with E-state index in [1.807, 2.05) is 12.1 Å². The third-order valence-corrected chi connectivity index (χ3v) is 5.02. The number of nitrogens with one attached hydrogen (secondary N) is 1. The van der Waals surface area contributed by atoms with Crippen LogP contribution in [0.4, 0.5) is 5.69 Å². The van der Waals surface area contributed by atoms with Crippen molar-refractivity contribution >= 4 is 15.7 Å². The first kappa shape index (κ1) is 15.3. The summed E-state index contributed by atoms with van der Waals surface area (Å²) in [6, 6.07) is 5.84. The van der Waals surface area contributed by atoms with Crippen molar-refractivity contribution < 1.29 is 8.42 Å². The first-order chi connectivity index (χ1) is 9.47. The molecular formula is C15H24N2O2S. The summed E-state index contributed by atoms with van der Waals surface area (Å²) in [5.41, 5.74) is 1.54. The molecule has 1 aliphatic rings. The van der Waals surface area contributed by atoms with Gasteiger partial charge < -0.3 is 5.32 Å². The van der Waals surface area contributed by atoms with Crippen LogP contribution >= 0.6 is 0 Å². The molecule has 1 fully saturated rings. The van der Waals surface area contributed by atoms with Gasteiger partial charge in [-0.25, -0.2) is 13.6 Å². The van der Waals surface area contributed by atoms with Gasteiger partial charge in [0, 0.05) is 11.7 Å². The van der Waals surface area contributed by atoms with E-state index in [2.05, 4.69) is 5.32 Å². The van der Waals surface area contributed by atoms with Crippen molar-refractivity contribution in [2.24, 2.45) is 5.14 Å². The topological polar surface area (TPSA) is 72.2 Å². The van der Waals surface area contributed by atoms with Crippen LogP contribution < -0.4 is 10.5 Å². The lowest BCUT2D eigenvalue weighted by molar-refractivity contribution is 0.471. The van der Waals surface area contributed by atoms with Crippen LogP contribution in [0.5, 0.6) is 0 Å². The molecule has 0 heterocycles. The third kappa shape index (κ3) is 4.21. The number of hydrogen-bond acceptors (Lipinski definition) is 3. The molecule has 4 nitrogen and oxygen atoms in total. The predicted molar refractivity (Wildman–Crippen MR) is 82.3 cm³/mol. The van der Waals surface area contributed by atoms with E-state index in [9.17, 15) is 8.42 Å². The van der Waals surface area contributed by atoms with Crippen molar-refractivity contribution in [3.63, 3.8) is 0 Å². The molecule has 1 saturated carbocycles. The molecule has 0 aromatic heterocycles. The highest BCUT2D eigenvalue weighted by molar-refractivity contribution is 7.89. The van der Waals surface area contributed by atoms with Gasteiger partial charge >= 0.3 is 0 Å². The van der Waals surface area contributed by atoms with E-state index in [0.717, 1.165) is 18.5 Å². The molecule has 1 aromatic rings. The summed E-state index contributed by atoms with van der Waals surface area (Å²) in [5.74, 6) is 0. The third-order valence-electron chi connectivity index (χ3n) is 3.97. The van der Waals surface area contributed by atoms with Crippen LogP contribution in [0.2, 0.25) is 0 Å². The van der Waals surface area contributed by atoms with Crippen molar-refractivity contribution in [1.29, 1.82) is 0 Å². The lowest BCUT2D eigenvalue weighted by Crippen LogP contribution is -2.21. The molecule has 0 bridgehead atoms. The molecule has 20 heavy (non-hydrogen) atoms. The minimum atomic E-state index is -3.65. The number of hydrogen-bond donors (Lipinski definition) is 2. The molecule has 1 aromatic carbocycles. The van der Waals surface area contributed by atoms with Gasteiger partial charge in [-0.2, -0.15) is 0 Å². The fourth-order valence-corrected chi connectivity index (χ4v) is 3.64. The second-order valence-electron chi connectivity index (χ2n) is 5.71. The summed E-state index contributed by atoms with van der Waals surface area (Å²) in [5, 5.41) is 8.72. The Morgan fingerprint density at radius 3 is 2.30 bits per heavy atom. The van der Waals surface area contributed by atoms with Gasteiger partial charge in [0.2, 0.25) is 10.0 Å². The Labute approximate surface area is 121 Å². The van der Waals surface area contributed by atoms with Gasteiger partial charge in [-0.05, 0) is 37.5 Å². The zero-order chi connectivity index (χ0) is 14.6. The van der Waals surface area contributed by atoms with Gasteiger partial charge in [0.15, 0.2) is 0 Å². The van der Waals surface area contributed by atoms with Crippen LogP contribution in [0.3, 0.4) is 0 Å². The predicted octanol–water partition coefficient (Wildman–Crippen LogP) is 3.17. The molecule has 112 valence electrons. The van der Waals surface area contributed by atoms with Crippen LogP contribution in [-0.2, 0) is 10.0 Å². The van der Waals surface area contributed by atoms with Crippen LogP contribution in [-0.4, -0.2) is 14.5 Å². The Balaban J connectivity index is 2.12. The maximum atomic E-state index is 11.5. The van der Waals surface area contributed by atoms with Crippen molar-refractivity contribution in [3.05, 3.63) is 23.8 Å². The SMILES string of the molecule is Cc1ccc(NC2CCCCCCC2)cc1S(N)(=O)=O. The Bertz CT molecular complexity index is 547. The zero-order valence-electron chi connectivity index (χ0n) is 12.1. The van der Waals surface area contributed by atoms with E-state index in [0.29, 0.717) is 11.6 Å². The molecule has 3 N–H and O–H groups in total. The van der Waals surface area contributed by atoms with Gasteiger partial charge in [-0.3, -0.25) is 0 Å². The number of aryl methyl sites for hydroxylation is 1. The number of sulfonamides is 1. The summed E-state index contributed by atoms with van der Waals surface area (Å²) < 4.78 is 23.1. The average molecular weight is 296 g/mol. The molecule has 0 saturated heterocycles. The Hall–Kier alpha value is -1.07. The van der Waals surface area contributed by atoms with Crippen molar-refractivity contribution in [2.45, 2.75) is 62.8 Å². The maximum absolute atomic E-state index is 11.5. The van der Waals surface area contributed by atoms with Crippen LogP contribution in [0.15, 0.2) is 23.1 Å². The summed E-state index contributed by atoms with van der Waals surface area (Å²) in [6.45, 7) is 1.76. The lowest BCUT2D eigenvalue weighted by atomic mass is 9.96. The van der Waals surface area contributed by atoms with Gasteiger partial charge in [-0.15, -0.1) is 0 Å². The molecule has 1 aliphatic carbocycles. The van der Waals surface area contributed by atoms with Crippen molar-refractivity contribution in [1.82, 2.24) is 0 Å². The first-order valence-corrected chi connectivity index (χ1v) is 8.91. The van der Waals surface area contributed by atoms with E-state index in [1.54, 1.807) is 13.0 Å². The average Bonchev–Trinajstić information content (AvgIpc) is 2.33.